The van der Waals surface area contributed by atoms with Crippen LogP contribution in [0.4, 0.5) is 0 Å². The summed E-state index contributed by atoms with van der Waals surface area (Å²) >= 11 is 0. The van der Waals surface area contributed by atoms with Gasteiger partial charge in [-0.25, -0.2) is 4.79 Å². The highest BCUT2D eigenvalue weighted by Crippen LogP contribution is 2.49. The van der Waals surface area contributed by atoms with Crippen molar-refractivity contribution >= 4 is 11.8 Å². The van der Waals surface area contributed by atoms with Crippen molar-refractivity contribution in [3.8, 4) is 0 Å². The standard InChI is InChI=1S/C18H16O4/c1-2-21-17(20)16-18(22-16,14-11-7-4-8-12-14)15(19)13-9-5-3-6-10-13/h3-12,16H,2H2,1H3. The van der Waals surface area contributed by atoms with Gasteiger partial charge >= 0.3 is 5.97 Å². The summed E-state index contributed by atoms with van der Waals surface area (Å²) in [4.78, 5) is 24.9. The zero-order chi connectivity index (χ0) is 15.6. The van der Waals surface area contributed by atoms with Crippen LogP contribution in [0.25, 0.3) is 0 Å². The van der Waals surface area contributed by atoms with Crippen LogP contribution in [0.5, 0.6) is 0 Å². The van der Waals surface area contributed by atoms with Crippen LogP contribution >= 0.6 is 0 Å². The molecule has 0 spiro atoms. The first kappa shape index (κ1) is 14.5. The molecule has 2 unspecified atom stereocenters. The molecule has 2 aromatic carbocycles. The Hall–Kier alpha value is -2.46. The van der Waals surface area contributed by atoms with Crippen LogP contribution in [0.1, 0.15) is 22.8 Å². The zero-order valence-electron chi connectivity index (χ0n) is 12.2. The first-order chi connectivity index (χ1) is 10.7. The van der Waals surface area contributed by atoms with Gasteiger partial charge in [-0.1, -0.05) is 60.7 Å². The van der Waals surface area contributed by atoms with E-state index in [0.717, 1.165) is 0 Å². The molecule has 1 fully saturated rings. The summed E-state index contributed by atoms with van der Waals surface area (Å²) in [6.07, 6.45) is -0.887. The first-order valence-electron chi connectivity index (χ1n) is 7.20. The van der Waals surface area contributed by atoms with Crippen LogP contribution in [0, 0.1) is 0 Å². The molecule has 1 aliphatic heterocycles. The van der Waals surface area contributed by atoms with E-state index in [9.17, 15) is 9.59 Å². The minimum atomic E-state index is -1.27. The molecule has 1 saturated heterocycles. The van der Waals surface area contributed by atoms with E-state index in [1.165, 1.54) is 0 Å². The number of Topliss-reactive ketones (excluding diaryl/α,β-unsaturated/α-hetero) is 1. The fourth-order valence-corrected chi connectivity index (χ4v) is 2.60. The molecule has 1 aliphatic rings. The molecule has 3 rings (SSSR count). The second-order valence-corrected chi connectivity index (χ2v) is 5.05. The molecule has 0 bridgehead atoms. The van der Waals surface area contributed by atoms with E-state index in [-0.39, 0.29) is 12.4 Å². The number of rotatable bonds is 5. The third-order valence-corrected chi connectivity index (χ3v) is 3.69. The summed E-state index contributed by atoms with van der Waals surface area (Å²) in [5.41, 5.74) is -0.0884. The summed E-state index contributed by atoms with van der Waals surface area (Å²) in [5, 5.41) is 0. The highest BCUT2D eigenvalue weighted by Gasteiger charge is 2.68. The SMILES string of the molecule is CCOC(=O)C1OC1(C(=O)c1ccccc1)c1ccccc1. The predicted octanol–water partition coefficient (Wildman–Crippen LogP) is 2.73. The topological polar surface area (TPSA) is 55.9 Å². The van der Waals surface area contributed by atoms with E-state index in [4.69, 9.17) is 9.47 Å². The Morgan fingerprint density at radius 3 is 2.23 bits per heavy atom. The Morgan fingerprint density at radius 1 is 1.05 bits per heavy atom. The van der Waals surface area contributed by atoms with Crippen molar-refractivity contribution in [1.29, 1.82) is 0 Å². The van der Waals surface area contributed by atoms with Crippen molar-refractivity contribution < 1.29 is 19.1 Å². The average Bonchev–Trinajstić information content (AvgIpc) is 3.33. The Morgan fingerprint density at radius 2 is 1.64 bits per heavy atom. The van der Waals surface area contributed by atoms with Gasteiger partial charge in [0.05, 0.1) is 6.61 Å². The first-order valence-corrected chi connectivity index (χ1v) is 7.20. The van der Waals surface area contributed by atoms with Gasteiger partial charge in [-0.2, -0.15) is 0 Å². The molecule has 1 heterocycles. The summed E-state index contributed by atoms with van der Waals surface area (Å²) in [7, 11) is 0. The third-order valence-electron chi connectivity index (χ3n) is 3.69. The molecule has 0 N–H and O–H groups in total. The second-order valence-electron chi connectivity index (χ2n) is 5.05. The molecule has 2 aromatic rings. The molecule has 112 valence electrons. The molecular weight excluding hydrogens is 280 g/mol. The summed E-state index contributed by atoms with van der Waals surface area (Å²) in [6.45, 7) is 1.98. The van der Waals surface area contributed by atoms with E-state index >= 15 is 0 Å². The minimum Gasteiger partial charge on any atom is -0.464 e. The van der Waals surface area contributed by atoms with Crippen molar-refractivity contribution in [3.05, 3.63) is 71.8 Å². The fourth-order valence-electron chi connectivity index (χ4n) is 2.60. The van der Waals surface area contributed by atoms with Gasteiger partial charge in [0, 0.05) is 5.56 Å². The molecule has 0 aromatic heterocycles. The molecule has 22 heavy (non-hydrogen) atoms. The molecule has 4 heteroatoms. The predicted molar refractivity (Wildman–Crippen MR) is 80.4 cm³/mol. The van der Waals surface area contributed by atoms with Crippen LogP contribution in [-0.4, -0.2) is 24.5 Å². The second kappa shape index (κ2) is 5.73. The van der Waals surface area contributed by atoms with Gasteiger partial charge in [-0.15, -0.1) is 0 Å². The number of ketones is 1. The van der Waals surface area contributed by atoms with Gasteiger partial charge in [0.1, 0.15) is 0 Å². The summed E-state index contributed by atoms with van der Waals surface area (Å²) in [6, 6.07) is 17.9. The lowest BCUT2D eigenvalue weighted by Crippen LogP contribution is -2.29. The van der Waals surface area contributed by atoms with Gasteiger partial charge in [-0.05, 0) is 12.5 Å². The number of epoxide rings is 1. The molecular formula is C18H16O4. The number of esters is 1. The van der Waals surface area contributed by atoms with Gasteiger partial charge < -0.3 is 9.47 Å². The normalized spacial score (nSPS) is 22.9. The van der Waals surface area contributed by atoms with E-state index in [1.54, 1.807) is 43.3 Å². The highest BCUT2D eigenvalue weighted by molar-refractivity contribution is 6.08. The largest absolute Gasteiger partial charge is 0.464 e. The van der Waals surface area contributed by atoms with E-state index < -0.39 is 17.7 Å². The summed E-state index contributed by atoms with van der Waals surface area (Å²) in [5.74, 6) is -0.729. The molecule has 0 radical (unpaired) electrons. The number of carbonyl (C=O) groups excluding carboxylic acids is 2. The van der Waals surface area contributed by atoms with Gasteiger partial charge in [-0.3, -0.25) is 4.79 Å². The van der Waals surface area contributed by atoms with Crippen molar-refractivity contribution in [3.63, 3.8) is 0 Å². The summed E-state index contributed by atoms with van der Waals surface area (Å²) < 4.78 is 10.6. The Bertz CT molecular complexity index is 681. The smallest absolute Gasteiger partial charge is 0.339 e. The van der Waals surface area contributed by atoms with Crippen molar-refractivity contribution in [2.75, 3.05) is 6.61 Å². The highest BCUT2D eigenvalue weighted by atomic mass is 16.7. The Balaban J connectivity index is 1.99. The molecule has 0 aliphatic carbocycles. The molecule has 4 nitrogen and oxygen atoms in total. The van der Waals surface area contributed by atoms with Gasteiger partial charge in [0.25, 0.3) is 0 Å². The fraction of sp³-hybridized carbons (Fsp3) is 0.222. The number of benzene rings is 2. The lowest BCUT2D eigenvalue weighted by molar-refractivity contribution is -0.144. The van der Waals surface area contributed by atoms with Crippen LogP contribution in [0.15, 0.2) is 60.7 Å². The monoisotopic (exact) mass is 296 g/mol. The minimum absolute atomic E-state index is 0.225. The number of hydrogen-bond acceptors (Lipinski definition) is 4. The van der Waals surface area contributed by atoms with E-state index in [1.807, 2.05) is 24.3 Å². The number of hydrogen-bond donors (Lipinski definition) is 0. The number of ether oxygens (including phenoxy) is 2. The number of carbonyl (C=O) groups is 2. The third kappa shape index (κ3) is 2.31. The van der Waals surface area contributed by atoms with Crippen LogP contribution < -0.4 is 0 Å². The maximum Gasteiger partial charge on any atom is 0.339 e. The Labute approximate surface area is 128 Å². The van der Waals surface area contributed by atoms with Crippen molar-refractivity contribution in [2.24, 2.45) is 0 Å². The Kier molecular flexibility index (Phi) is 3.77. The van der Waals surface area contributed by atoms with Crippen LogP contribution in [0.2, 0.25) is 0 Å². The average molecular weight is 296 g/mol. The maximum atomic E-state index is 12.9. The van der Waals surface area contributed by atoms with Crippen LogP contribution in [-0.2, 0) is 19.9 Å². The van der Waals surface area contributed by atoms with Gasteiger partial charge in [0.15, 0.2) is 11.7 Å². The molecule has 0 saturated carbocycles. The molecule has 2 atom stereocenters. The zero-order valence-corrected chi connectivity index (χ0v) is 12.2. The van der Waals surface area contributed by atoms with Gasteiger partial charge in [0.2, 0.25) is 5.78 Å². The lowest BCUT2D eigenvalue weighted by atomic mass is 9.87. The maximum absolute atomic E-state index is 12.9. The lowest BCUT2D eigenvalue weighted by Gasteiger charge is -2.12. The molecule has 0 amide bonds. The van der Waals surface area contributed by atoms with E-state index in [2.05, 4.69) is 0 Å². The van der Waals surface area contributed by atoms with E-state index in [0.29, 0.717) is 11.1 Å². The van der Waals surface area contributed by atoms with Crippen molar-refractivity contribution in [2.45, 2.75) is 18.6 Å². The quantitative estimate of drug-likeness (QED) is 0.483. The van der Waals surface area contributed by atoms with Crippen molar-refractivity contribution in [1.82, 2.24) is 0 Å². The van der Waals surface area contributed by atoms with Crippen LogP contribution in [0.3, 0.4) is 0 Å².